The molecule has 1 fully saturated rings. The highest BCUT2D eigenvalue weighted by atomic mass is 16.6. The number of hydrogen-bond donors (Lipinski definition) is 2. The fraction of sp³-hybridized carbons (Fsp3) is 0.227. The lowest BCUT2D eigenvalue weighted by Crippen LogP contribution is -2.44. The monoisotopic (exact) mass is 363 g/mol. The first-order valence-electron chi connectivity index (χ1n) is 8.99. The molecule has 1 aliphatic heterocycles. The molecule has 4 rings (SSSR count). The van der Waals surface area contributed by atoms with Gasteiger partial charge in [-0.15, -0.1) is 0 Å². The predicted molar refractivity (Wildman–Crippen MR) is 103 cm³/mol. The second-order valence-corrected chi connectivity index (χ2v) is 6.51. The highest BCUT2D eigenvalue weighted by molar-refractivity contribution is 5.90. The van der Waals surface area contributed by atoms with Crippen molar-refractivity contribution in [1.82, 2.24) is 5.32 Å². The van der Waals surface area contributed by atoms with Gasteiger partial charge in [-0.2, -0.15) is 0 Å². The molecular weight excluding hydrogens is 342 g/mol. The van der Waals surface area contributed by atoms with Crippen LogP contribution in [0.2, 0.25) is 0 Å². The molecule has 5 heteroatoms. The number of amides is 1. The fourth-order valence-corrected chi connectivity index (χ4v) is 3.43. The standard InChI is InChI=1S/C22H21NO4/c24-18-11-10-15-6-4-5-9-17(15)20(18)21(16-7-2-1-3-8-16)23-22(25)19-14-26-12-13-27-19/h1-11,19,21,24H,12-14H2,(H,23,25)/t19-,21-/m1/s1. The highest BCUT2D eigenvalue weighted by Crippen LogP contribution is 2.35. The Morgan fingerprint density at radius 2 is 1.78 bits per heavy atom. The summed E-state index contributed by atoms with van der Waals surface area (Å²) >= 11 is 0. The minimum absolute atomic E-state index is 0.142. The molecule has 0 unspecified atom stereocenters. The van der Waals surface area contributed by atoms with Crippen LogP contribution < -0.4 is 5.32 Å². The van der Waals surface area contributed by atoms with Gasteiger partial charge >= 0.3 is 0 Å². The number of fused-ring (bicyclic) bond motifs is 1. The van der Waals surface area contributed by atoms with E-state index in [0.717, 1.165) is 16.3 Å². The lowest BCUT2D eigenvalue weighted by atomic mass is 9.92. The number of rotatable bonds is 4. The molecule has 0 saturated carbocycles. The summed E-state index contributed by atoms with van der Waals surface area (Å²) in [5.74, 6) is -0.112. The molecule has 0 aliphatic carbocycles. The maximum absolute atomic E-state index is 12.8. The van der Waals surface area contributed by atoms with Crippen molar-refractivity contribution < 1.29 is 19.4 Å². The number of hydrogen-bond acceptors (Lipinski definition) is 4. The highest BCUT2D eigenvalue weighted by Gasteiger charge is 2.28. The van der Waals surface area contributed by atoms with Crippen LogP contribution in [0.25, 0.3) is 10.8 Å². The Hall–Kier alpha value is -2.89. The normalized spacial score (nSPS) is 18.1. The molecule has 0 bridgehead atoms. The van der Waals surface area contributed by atoms with Crippen LogP contribution in [0.3, 0.4) is 0 Å². The molecule has 5 nitrogen and oxygen atoms in total. The van der Waals surface area contributed by atoms with Crippen LogP contribution in [0.15, 0.2) is 66.7 Å². The van der Waals surface area contributed by atoms with E-state index in [1.807, 2.05) is 60.7 Å². The van der Waals surface area contributed by atoms with Gasteiger partial charge in [0, 0.05) is 5.56 Å². The van der Waals surface area contributed by atoms with Gasteiger partial charge in [0.05, 0.1) is 25.9 Å². The molecular formula is C22H21NO4. The molecule has 0 spiro atoms. The smallest absolute Gasteiger partial charge is 0.252 e. The van der Waals surface area contributed by atoms with E-state index in [9.17, 15) is 9.90 Å². The van der Waals surface area contributed by atoms with E-state index in [0.29, 0.717) is 18.8 Å². The Morgan fingerprint density at radius 3 is 2.56 bits per heavy atom. The van der Waals surface area contributed by atoms with E-state index in [-0.39, 0.29) is 18.3 Å². The Balaban J connectivity index is 1.77. The molecule has 2 atom stereocenters. The van der Waals surface area contributed by atoms with Crippen molar-refractivity contribution in [3.63, 3.8) is 0 Å². The lowest BCUT2D eigenvalue weighted by molar-refractivity contribution is -0.148. The third kappa shape index (κ3) is 3.65. The summed E-state index contributed by atoms with van der Waals surface area (Å²) in [6.45, 7) is 1.12. The molecule has 138 valence electrons. The van der Waals surface area contributed by atoms with Crippen LogP contribution >= 0.6 is 0 Å². The van der Waals surface area contributed by atoms with Gasteiger partial charge in [-0.3, -0.25) is 4.79 Å². The third-order valence-corrected chi connectivity index (χ3v) is 4.76. The zero-order chi connectivity index (χ0) is 18.6. The summed E-state index contributed by atoms with van der Waals surface area (Å²) in [7, 11) is 0. The minimum atomic E-state index is -0.651. The number of nitrogens with one attached hydrogen (secondary N) is 1. The van der Waals surface area contributed by atoms with Crippen molar-refractivity contribution in [3.05, 3.63) is 77.9 Å². The number of benzene rings is 3. The van der Waals surface area contributed by atoms with Crippen LogP contribution in [0.5, 0.6) is 5.75 Å². The number of phenols is 1. The van der Waals surface area contributed by atoms with Crippen molar-refractivity contribution in [2.75, 3.05) is 19.8 Å². The number of carbonyl (C=O) groups is 1. The van der Waals surface area contributed by atoms with E-state index >= 15 is 0 Å². The molecule has 1 saturated heterocycles. The number of phenolic OH excluding ortho intramolecular Hbond substituents is 1. The molecule has 1 heterocycles. The van der Waals surface area contributed by atoms with Crippen molar-refractivity contribution in [2.45, 2.75) is 12.1 Å². The Morgan fingerprint density at radius 1 is 1.00 bits per heavy atom. The second kappa shape index (κ2) is 7.78. The molecule has 3 aromatic carbocycles. The van der Waals surface area contributed by atoms with Crippen LogP contribution in [0, 0.1) is 0 Å². The van der Waals surface area contributed by atoms with Crippen molar-refractivity contribution in [2.24, 2.45) is 0 Å². The topological polar surface area (TPSA) is 67.8 Å². The zero-order valence-electron chi connectivity index (χ0n) is 14.8. The maximum atomic E-state index is 12.8. The van der Waals surface area contributed by atoms with Gasteiger partial charge in [-0.05, 0) is 22.4 Å². The summed E-state index contributed by atoms with van der Waals surface area (Å²) < 4.78 is 10.9. The average Bonchev–Trinajstić information content (AvgIpc) is 2.73. The maximum Gasteiger partial charge on any atom is 0.252 e. The average molecular weight is 363 g/mol. The minimum Gasteiger partial charge on any atom is -0.508 e. The zero-order valence-corrected chi connectivity index (χ0v) is 14.8. The van der Waals surface area contributed by atoms with Crippen molar-refractivity contribution in [3.8, 4) is 5.75 Å². The van der Waals surface area contributed by atoms with Crippen LogP contribution in [0.1, 0.15) is 17.2 Å². The van der Waals surface area contributed by atoms with Gasteiger partial charge in [0.25, 0.3) is 5.91 Å². The molecule has 0 radical (unpaired) electrons. The van der Waals surface area contributed by atoms with E-state index in [1.54, 1.807) is 6.07 Å². The second-order valence-electron chi connectivity index (χ2n) is 6.51. The first-order chi connectivity index (χ1) is 13.2. The first kappa shape index (κ1) is 17.5. The lowest BCUT2D eigenvalue weighted by Gasteiger charge is -2.27. The van der Waals surface area contributed by atoms with E-state index in [1.165, 1.54) is 0 Å². The summed E-state index contributed by atoms with van der Waals surface area (Å²) in [6, 6.07) is 20.5. The summed E-state index contributed by atoms with van der Waals surface area (Å²) in [5.41, 5.74) is 1.55. The van der Waals surface area contributed by atoms with Gasteiger partial charge in [-0.1, -0.05) is 60.7 Å². The van der Waals surface area contributed by atoms with E-state index < -0.39 is 12.1 Å². The molecule has 2 N–H and O–H groups in total. The summed E-state index contributed by atoms with van der Waals surface area (Å²) in [5, 5.41) is 15.6. The summed E-state index contributed by atoms with van der Waals surface area (Å²) in [6.07, 6.45) is -0.651. The first-order valence-corrected chi connectivity index (χ1v) is 8.99. The van der Waals surface area contributed by atoms with Gasteiger partial charge in [0.15, 0.2) is 6.10 Å². The molecule has 27 heavy (non-hydrogen) atoms. The molecule has 3 aromatic rings. The molecule has 1 aliphatic rings. The SMILES string of the molecule is O=C(N[C@H](c1ccccc1)c1c(O)ccc2ccccc12)[C@H]1COCCO1. The fourth-order valence-electron chi connectivity index (χ4n) is 3.43. The number of carbonyl (C=O) groups excluding carboxylic acids is 1. The van der Waals surface area contributed by atoms with Crippen LogP contribution in [-0.2, 0) is 14.3 Å². The largest absolute Gasteiger partial charge is 0.508 e. The Kier molecular flexibility index (Phi) is 5.05. The van der Waals surface area contributed by atoms with Crippen LogP contribution in [-0.4, -0.2) is 36.9 Å². The number of ether oxygens (including phenoxy) is 2. The predicted octanol–water partition coefficient (Wildman–Crippen LogP) is 3.17. The Labute approximate surface area is 157 Å². The van der Waals surface area contributed by atoms with Gasteiger partial charge in [-0.25, -0.2) is 0 Å². The molecule has 0 aromatic heterocycles. The quantitative estimate of drug-likeness (QED) is 0.747. The third-order valence-electron chi connectivity index (χ3n) is 4.76. The van der Waals surface area contributed by atoms with Crippen molar-refractivity contribution >= 4 is 16.7 Å². The van der Waals surface area contributed by atoms with E-state index in [2.05, 4.69) is 5.32 Å². The van der Waals surface area contributed by atoms with E-state index in [4.69, 9.17) is 9.47 Å². The van der Waals surface area contributed by atoms with Gasteiger partial charge in [0.2, 0.25) is 0 Å². The summed E-state index contributed by atoms with van der Waals surface area (Å²) in [4.78, 5) is 12.8. The van der Waals surface area contributed by atoms with Crippen molar-refractivity contribution in [1.29, 1.82) is 0 Å². The van der Waals surface area contributed by atoms with Crippen LogP contribution in [0.4, 0.5) is 0 Å². The van der Waals surface area contributed by atoms with Gasteiger partial charge in [0.1, 0.15) is 5.75 Å². The number of aromatic hydroxyl groups is 1. The van der Waals surface area contributed by atoms with Gasteiger partial charge < -0.3 is 19.9 Å². The Bertz CT molecular complexity index is 935. The molecule has 1 amide bonds.